The Morgan fingerprint density at radius 3 is 2.56 bits per heavy atom. The summed E-state index contributed by atoms with van der Waals surface area (Å²) in [4.78, 5) is 17.1. The Bertz CT molecular complexity index is 1180. The standard InChI is InChI=1S/C25H29N5O3S/c1-24(2,32)18-6-7-26-21(10-18)17-12-27-23(28-13-17)30-14-25(15-33-16-25)20-5-4-19(11-22(20)30)34-29(3)8-9-31/h4-7,10-13,31-32H,8-9,14-16H2,1-3H3. The molecule has 0 atom stereocenters. The highest BCUT2D eigenvalue weighted by atomic mass is 32.2. The van der Waals surface area contributed by atoms with Crippen LogP contribution in [-0.2, 0) is 15.8 Å². The normalized spacial score (nSPS) is 16.7. The van der Waals surface area contributed by atoms with Gasteiger partial charge in [-0.3, -0.25) is 4.98 Å². The zero-order valence-electron chi connectivity index (χ0n) is 19.6. The monoisotopic (exact) mass is 479 g/mol. The van der Waals surface area contributed by atoms with E-state index in [0.29, 0.717) is 25.7 Å². The molecular formula is C25H29N5O3S. The highest BCUT2D eigenvalue weighted by Gasteiger charge is 2.49. The third-order valence-corrected chi connectivity index (χ3v) is 7.33. The van der Waals surface area contributed by atoms with E-state index in [1.54, 1.807) is 44.4 Å². The summed E-state index contributed by atoms with van der Waals surface area (Å²) in [6.45, 7) is 6.38. The number of hydrogen-bond acceptors (Lipinski definition) is 9. The van der Waals surface area contributed by atoms with Crippen LogP contribution in [0.1, 0.15) is 25.0 Å². The zero-order valence-corrected chi connectivity index (χ0v) is 20.4. The first-order valence-corrected chi connectivity index (χ1v) is 12.1. The van der Waals surface area contributed by atoms with Gasteiger partial charge in [-0.1, -0.05) is 6.07 Å². The van der Waals surface area contributed by atoms with Gasteiger partial charge in [0, 0.05) is 47.8 Å². The molecule has 0 aliphatic carbocycles. The fourth-order valence-electron chi connectivity index (χ4n) is 4.41. The van der Waals surface area contributed by atoms with Gasteiger partial charge in [0.05, 0.1) is 36.5 Å². The minimum absolute atomic E-state index is 0.0276. The van der Waals surface area contributed by atoms with Crippen LogP contribution in [0.15, 0.2) is 53.8 Å². The molecule has 0 bridgehead atoms. The fourth-order valence-corrected chi connectivity index (χ4v) is 5.24. The van der Waals surface area contributed by atoms with Crippen molar-refractivity contribution in [3.63, 3.8) is 0 Å². The summed E-state index contributed by atoms with van der Waals surface area (Å²) in [5, 5.41) is 19.6. The van der Waals surface area contributed by atoms with E-state index in [9.17, 15) is 10.2 Å². The van der Waals surface area contributed by atoms with Gasteiger partial charge in [0.1, 0.15) is 0 Å². The number of rotatable bonds is 7. The first kappa shape index (κ1) is 23.2. The van der Waals surface area contributed by atoms with Crippen LogP contribution in [0.3, 0.4) is 0 Å². The molecule has 1 saturated heterocycles. The van der Waals surface area contributed by atoms with Crippen molar-refractivity contribution in [1.29, 1.82) is 0 Å². The number of hydrogen-bond donors (Lipinski definition) is 2. The van der Waals surface area contributed by atoms with Gasteiger partial charge in [-0.2, -0.15) is 0 Å². The molecule has 0 unspecified atom stereocenters. The third-order valence-electron chi connectivity index (χ3n) is 6.37. The lowest BCUT2D eigenvalue weighted by Gasteiger charge is -2.38. The van der Waals surface area contributed by atoms with E-state index in [4.69, 9.17) is 14.7 Å². The van der Waals surface area contributed by atoms with E-state index >= 15 is 0 Å². The summed E-state index contributed by atoms with van der Waals surface area (Å²) in [6, 6.07) is 10.2. The molecule has 2 aromatic heterocycles. The van der Waals surface area contributed by atoms with Gasteiger partial charge >= 0.3 is 0 Å². The van der Waals surface area contributed by atoms with Gasteiger partial charge in [-0.15, -0.1) is 0 Å². The lowest BCUT2D eigenvalue weighted by Crippen LogP contribution is -2.49. The molecule has 1 aromatic carbocycles. The number of anilines is 2. The number of pyridine rings is 1. The van der Waals surface area contributed by atoms with E-state index in [-0.39, 0.29) is 12.0 Å². The molecule has 34 heavy (non-hydrogen) atoms. The number of aromatic nitrogens is 3. The van der Waals surface area contributed by atoms with E-state index in [0.717, 1.165) is 33.9 Å². The summed E-state index contributed by atoms with van der Waals surface area (Å²) in [5.41, 5.74) is 3.70. The number of nitrogens with zero attached hydrogens (tertiary/aromatic N) is 5. The number of benzene rings is 1. The van der Waals surface area contributed by atoms with Crippen molar-refractivity contribution in [2.75, 3.05) is 44.9 Å². The lowest BCUT2D eigenvalue weighted by molar-refractivity contribution is -0.0507. The molecule has 2 N–H and O–H groups in total. The topological polar surface area (TPSA) is 94.8 Å². The van der Waals surface area contributed by atoms with Crippen LogP contribution in [0.4, 0.5) is 11.6 Å². The Balaban J connectivity index is 1.45. The van der Waals surface area contributed by atoms with Gasteiger partial charge < -0.3 is 19.8 Å². The second-order valence-corrected chi connectivity index (χ2v) is 10.7. The van der Waals surface area contributed by atoms with Crippen LogP contribution < -0.4 is 4.90 Å². The molecule has 2 aliphatic rings. The van der Waals surface area contributed by atoms with Crippen molar-refractivity contribution in [2.24, 2.45) is 0 Å². The van der Waals surface area contributed by atoms with Crippen LogP contribution in [0.5, 0.6) is 0 Å². The van der Waals surface area contributed by atoms with Crippen LogP contribution >= 0.6 is 11.9 Å². The maximum atomic E-state index is 10.3. The first-order valence-electron chi connectivity index (χ1n) is 11.3. The maximum Gasteiger partial charge on any atom is 0.229 e. The second-order valence-electron chi connectivity index (χ2n) is 9.47. The van der Waals surface area contributed by atoms with Gasteiger partial charge in [0.15, 0.2) is 0 Å². The largest absolute Gasteiger partial charge is 0.395 e. The molecule has 5 rings (SSSR count). The summed E-state index contributed by atoms with van der Waals surface area (Å²) in [5.74, 6) is 0.637. The molecule has 0 amide bonds. The Kier molecular flexibility index (Phi) is 6.07. The lowest BCUT2D eigenvalue weighted by atomic mass is 9.81. The van der Waals surface area contributed by atoms with Gasteiger partial charge in [-0.05, 0) is 68.2 Å². The molecule has 3 aromatic rings. The molecule has 9 heteroatoms. The summed E-state index contributed by atoms with van der Waals surface area (Å²) < 4.78 is 7.62. The van der Waals surface area contributed by atoms with Crippen molar-refractivity contribution < 1.29 is 14.9 Å². The van der Waals surface area contributed by atoms with Crippen molar-refractivity contribution in [1.82, 2.24) is 19.3 Å². The molecule has 4 heterocycles. The highest BCUT2D eigenvalue weighted by molar-refractivity contribution is 7.97. The van der Waals surface area contributed by atoms with Crippen molar-refractivity contribution >= 4 is 23.6 Å². The Labute approximate surface area is 203 Å². The quantitative estimate of drug-likeness (QED) is 0.496. The van der Waals surface area contributed by atoms with E-state index in [1.165, 1.54) is 5.56 Å². The molecular weight excluding hydrogens is 450 g/mol. The molecule has 1 fully saturated rings. The van der Waals surface area contributed by atoms with Crippen LogP contribution in [0.25, 0.3) is 11.3 Å². The summed E-state index contributed by atoms with van der Waals surface area (Å²) in [6.07, 6.45) is 5.27. The summed E-state index contributed by atoms with van der Waals surface area (Å²) >= 11 is 1.61. The number of aliphatic hydroxyl groups excluding tert-OH is 1. The van der Waals surface area contributed by atoms with Crippen molar-refractivity contribution in [3.05, 3.63) is 60.0 Å². The number of fused-ring (bicyclic) bond motifs is 2. The Morgan fingerprint density at radius 1 is 1.15 bits per heavy atom. The molecule has 0 radical (unpaired) electrons. The van der Waals surface area contributed by atoms with Crippen LogP contribution in [0.2, 0.25) is 0 Å². The molecule has 2 aliphatic heterocycles. The molecule has 0 saturated carbocycles. The minimum atomic E-state index is -0.947. The average Bonchev–Trinajstić information content (AvgIpc) is 3.14. The maximum absolute atomic E-state index is 10.3. The fraction of sp³-hybridized carbons (Fsp3) is 0.400. The molecule has 8 nitrogen and oxygen atoms in total. The Hall–Kier alpha value is -2.56. The number of ether oxygens (including phenoxy) is 1. The average molecular weight is 480 g/mol. The van der Waals surface area contributed by atoms with Crippen molar-refractivity contribution in [3.8, 4) is 11.3 Å². The van der Waals surface area contributed by atoms with Crippen LogP contribution in [0, 0.1) is 0 Å². The van der Waals surface area contributed by atoms with E-state index < -0.39 is 5.60 Å². The first-order chi connectivity index (χ1) is 16.3. The van der Waals surface area contributed by atoms with Gasteiger partial charge in [0.25, 0.3) is 0 Å². The SMILES string of the molecule is CN(CCO)Sc1ccc2c(c1)N(c1ncc(-c3cc(C(C)(C)O)ccn3)cn1)CC21COC1. The molecule has 178 valence electrons. The number of likely N-dealkylation sites (N-methyl/N-ethyl adjacent to an activating group) is 1. The second kappa shape index (κ2) is 8.90. The minimum Gasteiger partial charge on any atom is -0.395 e. The van der Waals surface area contributed by atoms with E-state index in [2.05, 4.69) is 28.1 Å². The predicted octanol–water partition coefficient (Wildman–Crippen LogP) is 3.12. The summed E-state index contributed by atoms with van der Waals surface area (Å²) in [7, 11) is 1.97. The van der Waals surface area contributed by atoms with Gasteiger partial charge in [-0.25, -0.2) is 14.3 Å². The van der Waals surface area contributed by atoms with Gasteiger partial charge in [0.2, 0.25) is 5.95 Å². The number of aliphatic hydroxyl groups is 2. The van der Waals surface area contributed by atoms with Crippen molar-refractivity contribution in [2.45, 2.75) is 29.8 Å². The smallest absolute Gasteiger partial charge is 0.229 e. The highest BCUT2D eigenvalue weighted by Crippen LogP contribution is 2.48. The predicted molar refractivity (Wildman–Crippen MR) is 132 cm³/mol. The van der Waals surface area contributed by atoms with Crippen LogP contribution in [-0.4, -0.2) is 69.4 Å². The zero-order chi connectivity index (χ0) is 23.9. The third kappa shape index (κ3) is 4.30. The Morgan fingerprint density at radius 2 is 1.91 bits per heavy atom. The van der Waals surface area contributed by atoms with E-state index in [1.807, 2.05) is 23.5 Å². The molecule has 1 spiro atoms.